The molecule has 5 heteroatoms. The van der Waals surface area contributed by atoms with Crippen molar-refractivity contribution >= 4 is 5.91 Å². The van der Waals surface area contributed by atoms with Crippen LogP contribution in [0.5, 0.6) is 11.5 Å². The number of amides is 1. The second-order valence-electron chi connectivity index (χ2n) is 4.06. The molecule has 18 heavy (non-hydrogen) atoms. The Morgan fingerprint density at radius 1 is 1.44 bits per heavy atom. The smallest absolute Gasteiger partial charge is 0.260 e. The average Bonchev–Trinajstić information content (AvgIpc) is 2.43. The molecule has 1 aromatic carbocycles. The van der Waals surface area contributed by atoms with E-state index in [4.69, 9.17) is 15.2 Å². The summed E-state index contributed by atoms with van der Waals surface area (Å²) in [6.45, 7) is 2.32. The van der Waals surface area contributed by atoms with Gasteiger partial charge in [0.25, 0.3) is 5.91 Å². The summed E-state index contributed by atoms with van der Waals surface area (Å²) >= 11 is 0. The Balaban J connectivity index is 2.51. The van der Waals surface area contributed by atoms with Crippen molar-refractivity contribution in [3.05, 3.63) is 24.3 Å². The van der Waals surface area contributed by atoms with Crippen LogP contribution in [0.25, 0.3) is 0 Å². The third kappa shape index (κ3) is 3.92. The maximum Gasteiger partial charge on any atom is 0.260 e. The van der Waals surface area contributed by atoms with E-state index in [1.807, 2.05) is 19.1 Å². The molecule has 0 aliphatic carbocycles. The number of hydrogen-bond acceptors (Lipinski definition) is 4. The highest BCUT2D eigenvalue weighted by Gasteiger charge is 2.14. The fourth-order valence-corrected chi connectivity index (χ4v) is 1.34. The maximum absolute atomic E-state index is 11.8. The molecule has 0 radical (unpaired) electrons. The monoisotopic (exact) mass is 252 g/mol. The standard InChI is InChI=1S/C13H20N2O3/c1-10(8-14)15(2)13(16)9-18-12-6-4-5-11(7-12)17-3/h4-7,10H,8-9,14H2,1-3H3. The lowest BCUT2D eigenvalue weighted by Gasteiger charge is -2.23. The topological polar surface area (TPSA) is 64.8 Å². The van der Waals surface area contributed by atoms with Crippen molar-refractivity contribution in [1.82, 2.24) is 4.90 Å². The fourth-order valence-electron chi connectivity index (χ4n) is 1.34. The van der Waals surface area contributed by atoms with Crippen LogP contribution >= 0.6 is 0 Å². The molecule has 2 N–H and O–H groups in total. The zero-order valence-electron chi connectivity index (χ0n) is 11.1. The molecule has 0 saturated heterocycles. The lowest BCUT2D eigenvalue weighted by atomic mass is 10.3. The van der Waals surface area contributed by atoms with E-state index < -0.39 is 0 Å². The van der Waals surface area contributed by atoms with Crippen molar-refractivity contribution in [3.8, 4) is 11.5 Å². The zero-order chi connectivity index (χ0) is 13.5. The molecule has 1 unspecified atom stereocenters. The third-order valence-corrected chi connectivity index (χ3v) is 2.80. The van der Waals surface area contributed by atoms with Crippen LogP contribution in [-0.4, -0.2) is 44.2 Å². The number of benzene rings is 1. The highest BCUT2D eigenvalue weighted by atomic mass is 16.5. The predicted octanol–water partition coefficient (Wildman–Crippen LogP) is 0.880. The van der Waals surface area contributed by atoms with Crippen LogP contribution in [0, 0.1) is 0 Å². The fraction of sp³-hybridized carbons (Fsp3) is 0.462. The Morgan fingerprint density at radius 2 is 2.11 bits per heavy atom. The van der Waals surface area contributed by atoms with Crippen molar-refractivity contribution in [2.75, 3.05) is 27.3 Å². The van der Waals surface area contributed by atoms with Crippen LogP contribution < -0.4 is 15.2 Å². The van der Waals surface area contributed by atoms with Gasteiger partial charge in [-0.15, -0.1) is 0 Å². The van der Waals surface area contributed by atoms with Gasteiger partial charge < -0.3 is 20.1 Å². The van der Waals surface area contributed by atoms with Crippen molar-refractivity contribution < 1.29 is 14.3 Å². The van der Waals surface area contributed by atoms with Gasteiger partial charge in [0.1, 0.15) is 11.5 Å². The summed E-state index contributed by atoms with van der Waals surface area (Å²) in [5.41, 5.74) is 5.50. The summed E-state index contributed by atoms with van der Waals surface area (Å²) < 4.78 is 10.5. The summed E-state index contributed by atoms with van der Waals surface area (Å²) in [4.78, 5) is 13.4. The van der Waals surface area contributed by atoms with Crippen LogP contribution in [0.3, 0.4) is 0 Å². The highest BCUT2D eigenvalue weighted by molar-refractivity contribution is 5.77. The van der Waals surface area contributed by atoms with Crippen molar-refractivity contribution in [2.24, 2.45) is 5.73 Å². The largest absolute Gasteiger partial charge is 0.497 e. The molecule has 0 bridgehead atoms. The first-order chi connectivity index (χ1) is 8.58. The van der Waals surface area contributed by atoms with E-state index in [1.54, 1.807) is 31.2 Å². The van der Waals surface area contributed by atoms with Gasteiger partial charge in [-0.05, 0) is 19.1 Å². The maximum atomic E-state index is 11.8. The number of hydrogen-bond donors (Lipinski definition) is 1. The Hall–Kier alpha value is -1.75. The van der Waals surface area contributed by atoms with Gasteiger partial charge in [-0.2, -0.15) is 0 Å². The first kappa shape index (κ1) is 14.3. The van der Waals surface area contributed by atoms with Gasteiger partial charge in [-0.1, -0.05) is 6.07 Å². The van der Waals surface area contributed by atoms with Crippen LogP contribution in [0.4, 0.5) is 0 Å². The number of carbonyl (C=O) groups excluding carboxylic acids is 1. The van der Waals surface area contributed by atoms with E-state index >= 15 is 0 Å². The number of carbonyl (C=O) groups is 1. The second-order valence-corrected chi connectivity index (χ2v) is 4.06. The van der Waals surface area contributed by atoms with Crippen LogP contribution in [0.15, 0.2) is 24.3 Å². The first-order valence-corrected chi connectivity index (χ1v) is 5.81. The minimum Gasteiger partial charge on any atom is -0.497 e. The summed E-state index contributed by atoms with van der Waals surface area (Å²) in [6, 6.07) is 7.15. The molecule has 1 atom stereocenters. The van der Waals surface area contributed by atoms with Crippen LogP contribution in [0.1, 0.15) is 6.92 Å². The Labute approximate surface area is 107 Å². The zero-order valence-corrected chi connectivity index (χ0v) is 11.1. The summed E-state index contributed by atoms with van der Waals surface area (Å²) in [5.74, 6) is 1.20. The molecule has 1 amide bonds. The number of nitrogens with two attached hydrogens (primary N) is 1. The van der Waals surface area contributed by atoms with E-state index in [0.29, 0.717) is 18.0 Å². The van der Waals surface area contributed by atoms with E-state index in [9.17, 15) is 4.79 Å². The molecule has 0 spiro atoms. The van der Waals surface area contributed by atoms with E-state index in [2.05, 4.69) is 0 Å². The lowest BCUT2D eigenvalue weighted by Crippen LogP contribution is -2.42. The molecule has 0 heterocycles. The molecule has 0 aliphatic rings. The molecule has 1 rings (SSSR count). The van der Waals surface area contributed by atoms with E-state index in [0.717, 1.165) is 0 Å². The average molecular weight is 252 g/mol. The second kappa shape index (κ2) is 6.86. The van der Waals surface area contributed by atoms with Crippen molar-refractivity contribution in [2.45, 2.75) is 13.0 Å². The summed E-state index contributed by atoms with van der Waals surface area (Å²) in [5, 5.41) is 0. The normalized spacial score (nSPS) is 11.8. The Morgan fingerprint density at radius 3 is 2.72 bits per heavy atom. The van der Waals surface area contributed by atoms with Gasteiger partial charge in [0.05, 0.1) is 7.11 Å². The molecule has 5 nitrogen and oxygen atoms in total. The van der Waals surface area contributed by atoms with Crippen molar-refractivity contribution in [3.63, 3.8) is 0 Å². The molecule has 0 aliphatic heterocycles. The Kier molecular flexibility index (Phi) is 5.45. The minimum absolute atomic E-state index is 0.00593. The van der Waals surface area contributed by atoms with Gasteiger partial charge in [-0.3, -0.25) is 4.79 Å². The quantitative estimate of drug-likeness (QED) is 0.816. The van der Waals surface area contributed by atoms with Gasteiger partial charge in [-0.25, -0.2) is 0 Å². The molecular formula is C13H20N2O3. The van der Waals surface area contributed by atoms with E-state index in [1.165, 1.54) is 0 Å². The third-order valence-electron chi connectivity index (χ3n) is 2.80. The van der Waals surface area contributed by atoms with Crippen LogP contribution in [-0.2, 0) is 4.79 Å². The van der Waals surface area contributed by atoms with Crippen molar-refractivity contribution in [1.29, 1.82) is 0 Å². The molecule has 0 fully saturated rings. The molecule has 0 saturated carbocycles. The minimum atomic E-state index is -0.101. The summed E-state index contributed by atoms with van der Waals surface area (Å²) in [7, 11) is 3.30. The molecule has 100 valence electrons. The predicted molar refractivity (Wildman–Crippen MR) is 69.8 cm³/mol. The lowest BCUT2D eigenvalue weighted by molar-refractivity contribution is -0.133. The highest BCUT2D eigenvalue weighted by Crippen LogP contribution is 2.18. The Bertz CT molecular complexity index is 396. The van der Waals surface area contributed by atoms with Gasteiger partial charge in [0.2, 0.25) is 0 Å². The first-order valence-electron chi connectivity index (χ1n) is 5.81. The number of likely N-dealkylation sites (N-methyl/N-ethyl adjacent to an activating group) is 1. The number of ether oxygens (including phenoxy) is 2. The van der Waals surface area contributed by atoms with Gasteiger partial charge in [0, 0.05) is 25.7 Å². The number of rotatable bonds is 6. The number of nitrogens with zero attached hydrogens (tertiary/aromatic N) is 1. The molecule has 0 aromatic heterocycles. The van der Waals surface area contributed by atoms with E-state index in [-0.39, 0.29) is 18.6 Å². The summed E-state index contributed by atoms with van der Waals surface area (Å²) in [6.07, 6.45) is 0. The number of methoxy groups -OCH3 is 1. The van der Waals surface area contributed by atoms with Crippen LogP contribution in [0.2, 0.25) is 0 Å². The van der Waals surface area contributed by atoms with Gasteiger partial charge >= 0.3 is 0 Å². The van der Waals surface area contributed by atoms with Gasteiger partial charge in [0.15, 0.2) is 6.61 Å². The molecular weight excluding hydrogens is 232 g/mol. The SMILES string of the molecule is COc1cccc(OCC(=O)N(C)C(C)CN)c1. The molecule has 1 aromatic rings.